The van der Waals surface area contributed by atoms with Crippen molar-refractivity contribution < 1.29 is 19.1 Å². The predicted octanol–water partition coefficient (Wildman–Crippen LogP) is 3.40. The summed E-state index contributed by atoms with van der Waals surface area (Å²) in [5, 5.41) is 2.95. The summed E-state index contributed by atoms with van der Waals surface area (Å²) in [6, 6.07) is 5.97. The van der Waals surface area contributed by atoms with Crippen LogP contribution in [0.4, 0.5) is 4.79 Å². The third-order valence-corrected chi connectivity index (χ3v) is 4.88. The van der Waals surface area contributed by atoms with Crippen LogP contribution in [-0.4, -0.2) is 48.7 Å². The van der Waals surface area contributed by atoms with Crippen molar-refractivity contribution >= 4 is 18.1 Å². The Morgan fingerprint density at radius 2 is 2.18 bits per heavy atom. The monoisotopic (exact) mass is 386 g/mol. The van der Waals surface area contributed by atoms with Crippen molar-refractivity contribution in [1.29, 1.82) is 0 Å². The number of carbonyl (C=O) groups is 2. The third kappa shape index (κ3) is 5.75. The highest BCUT2D eigenvalue weighted by Crippen LogP contribution is 2.26. The Bertz CT molecular complexity index is 751. The summed E-state index contributed by atoms with van der Waals surface area (Å²) in [6.07, 6.45) is 5.94. The van der Waals surface area contributed by atoms with Crippen LogP contribution in [-0.2, 0) is 16.0 Å². The van der Waals surface area contributed by atoms with E-state index in [4.69, 9.17) is 9.47 Å². The Morgan fingerprint density at radius 1 is 1.36 bits per heavy atom. The topological polar surface area (TPSA) is 67.9 Å². The molecule has 2 amide bonds. The molecule has 0 aliphatic carbocycles. The van der Waals surface area contributed by atoms with Crippen LogP contribution in [0, 0.1) is 5.92 Å². The van der Waals surface area contributed by atoms with Crippen LogP contribution in [0.1, 0.15) is 44.7 Å². The number of carbonyl (C=O) groups excluding carboxylic acids is 2. The molecule has 0 saturated carbocycles. The molecule has 2 aliphatic heterocycles. The van der Waals surface area contributed by atoms with E-state index in [0.29, 0.717) is 19.6 Å². The van der Waals surface area contributed by atoms with E-state index in [1.165, 1.54) is 5.56 Å². The molecule has 152 valence electrons. The molecule has 0 spiro atoms. The van der Waals surface area contributed by atoms with Crippen LogP contribution >= 0.6 is 0 Å². The summed E-state index contributed by atoms with van der Waals surface area (Å²) >= 11 is 0. The number of rotatable bonds is 4. The molecular weight excluding hydrogens is 356 g/mol. The third-order valence-electron chi connectivity index (χ3n) is 4.88. The van der Waals surface area contributed by atoms with Gasteiger partial charge in [-0.25, -0.2) is 4.79 Å². The first kappa shape index (κ1) is 20.2. The Labute approximate surface area is 166 Å². The molecule has 0 aromatic heterocycles. The zero-order chi connectivity index (χ0) is 20.1. The highest BCUT2D eigenvalue weighted by molar-refractivity contribution is 5.91. The van der Waals surface area contributed by atoms with Gasteiger partial charge in [-0.3, -0.25) is 4.79 Å². The van der Waals surface area contributed by atoms with Crippen molar-refractivity contribution in [3.63, 3.8) is 0 Å². The SMILES string of the molecule is CC(C)(C)OC(=O)N1CCCC(CNC(=O)/C=C/c2ccc3c(c2)CCO3)C1. The lowest BCUT2D eigenvalue weighted by Crippen LogP contribution is -2.45. The molecule has 1 aromatic carbocycles. The fraction of sp³-hybridized carbons (Fsp3) is 0.545. The van der Waals surface area contributed by atoms with E-state index in [1.807, 2.05) is 39.0 Å². The average molecular weight is 386 g/mol. The number of piperidine rings is 1. The van der Waals surface area contributed by atoms with Crippen molar-refractivity contribution in [1.82, 2.24) is 10.2 Å². The predicted molar refractivity (Wildman–Crippen MR) is 108 cm³/mol. The van der Waals surface area contributed by atoms with E-state index in [2.05, 4.69) is 11.4 Å². The Hall–Kier alpha value is -2.50. The van der Waals surface area contributed by atoms with Crippen LogP contribution in [0.3, 0.4) is 0 Å². The smallest absolute Gasteiger partial charge is 0.410 e. The average Bonchev–Trinajstić information content (AvgIpc) is 3.11. The molecule has 3 rings (SSSR count). The van der Waals surface area contributed by atoms with Gasteiger partial charge in [-0.1, -0.05) is 6.07 Å². The summed E-state index contributed by atoms with van der Waals surface area (Å²) in [6.45, 7) is 8.21. The second kappa shape index (κ2) is 8.67. The van der Waals surface area contributed by atoms with Gasteiger partial charge in [0.05, 0.1) is 6.61 Å². The number of likely N-dealkylation sites (tertiary alicyclic amines) is 1. The van der Waals surface area contributed by atoms with Gasteiger partial charge < -0.3 is 19.7 Å². The number of ether oxygens (including phenoxy) is 2. The van der Waals surface area contributed by atoms with Crippen molar-refractivity contribution in [3.8, 4) is 5.75 Å². The van der Waals surface area contributed by atoms with Crippen LogP contribution in [0.2, 0.25) is 0 Å². The molecule has 1 unspecified atom stereocenters. The number of nitrogens with one attached hydrogen (secondary N) is 1. The van der Waals surface area contributed by atoms with E-state index in [9.17, 15) is 9.59 Å². The van der Waals surface area contributed by atoms with Gasteiger partial charge in [-0.05, 0) is 68.9 Å². The van der Waals surface area contributed by atoms with E-state index in [1.54, 1.807) is 11.0 Å². The van der Waals surface area contributed by atoms with E-state index in [-0.39, 0.29) is 17.9 Å². The summed E-state index contributed by atoms with van der Waals surface area (Å²) in [5.74, 6) is 1.07. The standard InChI is InChI=1S/C22H30N2O4/c1-22(2,3)28-21(26)24-11-4-5-17(15-24)14-23-20(25)9-7-16-6-8-19-18(13-16)10-12-27-19/h6-9,13,17H,4-5,10-12,14-15H2,1-3H3,(H,23,25)/b9-7+. The summed E-state index contributed by atoms with van der Waals surface area (Å²) in [5.41, 5.74) is 1.69. The fourth-order valence-electron chi connectivity index (χ4n) is 3.51. The van der Waals surface area contributed by atoms with Crippen molar-refractivity contribution in [2.24, 2.45) is 5.92 Å². The maximum absolute atomic E-state index is 12.2. The number of nitrogens with zero attached hydrogens (tertiary/aromatic N) is 1. The number of fused-ring (bicyclic) bond motifs is 1. The Morgan fingerprint density at radius 3 is 2.96 bits per heavy atom. The zero-order valence-electron chi connectivity index (χ0n) is 17.0. The zero-order valence-corrected chi connectivity index (χ0v) is 17.0. The molecule has 1 aromatic rings. The number of amides is 2. The van der Waals surface area contributed by atoms with Gasteiger partial charge in [0.2, 0.25) is 5.91 Å². The molecular formula is C22H30N2O4. The molecule has 0 bridgehead atoms. The second-order valence-corrected chi connectivity index (χ2v) is 8.48. The molecule has 6 nitrogen and oxygen atoms in total. The van der Waals surface area contributed by atoms with Gasteiger partial charge in [0.1, 0.15) is 11.4 Å². The normalized spacial score (nSPS) is 19.2. The minimum atomic E-state index is -0.493. The lowest BCUT2D eigenvalue weighted by molar-refractivity contribution is -0.116. The summed E-state index contributed by atoms with van der Waals surface area (Å²) in [7, 11) is 0. The maximum atomic E-state index is 12.2. The van der Waals surface area contributed by atoms with E-state index in [0.717, 1.165) is 37.2 Å². The Kier molecular flexibility index (Phi) is 6.27. The van der Waals surface area contributed by atoms with Crippen molar-refractivity contribution in [2.75, 3.05) is 26.2 Å². The molecule has 1 atom stereocenters. The molecule has 6 heteroatoms. The van der Waals surface area contributed by atoms with Crippen molar-refractivity contribution in [2.45, 2.75) is 45.6 Å². The summed E-state index contributed by atoms with van der Waals surface area (Å²) in [4.78, 5) is 26.1. The maximum Gasteiger partial charge on any atom is 0.410 e. The summed E-state index contributed by atoms with van der Waals surface area (Å²) < 4.78 is 10.9. The van der Waals surface area contributed by atoms with Crippen LogP contribution in [0.15, 0.2) is 24.3 Å². The van der Waals surface area contributed by atoms with Crippen LogP contribution in [0.25, 0.3) is 6.08 Å². The minimum Gasteiger partial charge on any atom is -0.493 e. The molecule has 0 radical (unpaired) electrons. The van der Waals surface area contributed by atoms with E-state index < -0.39 is 5.60 Å². The number of hydrogen-bond donors (Lipinski definition) is 1. The van der Waals surface area contributed by atoms with Gasteiger partial charge in [0.25, 0.3) is 0 Å². The molecule has 2 heterocycles. The van der Waals surface area contributed by atoms with Gasteiger partial charge in [0.15, 0.2) is 0 Å². The first-order valence-corrected chi connectivity index (χ1v) is 10.00. The lowest BCUT2D eigenvalue weighted by Gasteiger charge is -2.34. The molecule has 2 aliphatic rings. The van der Waals surface area contributed by atoms with Gasteiger partial charge >= 0.3 is 6.09 Å². The molecule has 1 N–H and O–H groups in total. The van der Waals surface area contributed by atoms with Crippen LogP contribution in [0.5, 0.6) is 5.75 Å². The number of hydrogen-bond acceptors (Lipinski definition) is 4. The molecule has 1 saturated heterocycles. The second-order valence-electron chi connectivity index (χ2n) is 8.48. The highest BCUT2D eigenvalue weighted by Gasteiger charge is 2.27. The lowest BCUT2D eigenvalue weighted by atomic mass is 9.98. The minimum absolute atomic E-state index is 0.119. The van der Waals surface area contributed by atoms with E-state index >= 15 is 0 Å². The highest BCUT2D eigenvalue weighted by atomic mass is 16.6. The van der Waals surface area contributed by atoms with Crippen LogP contribution < -0.4 is 10.1 Å². The fourth-order valence-corrected chi connectivity index (χ4v) is 3.51. The molecule has 1 fully saturated rings. The first-order chi connectivity index (χ1) is 13.3. The van der Waals surface area contributed by atoms with Gasteiger partial charge in [-0.2, -0.15) is 0 Å². The van der Waals surface area contributed by atoms with Gasteiger partial charge in [-0.15, -0.1) is 0 Å². The van der Waals surface area contributed by atoms with Gasteiger partial charge in [0, 0.05) is 32.1 Å². The van der Waals surface area contributed by atoms with Crippen molar-refractivity contribution in [3.05, 3.63) is 35.4 Å². The first-order valence-electron chi connectivity index (χ1n) is 10.00. The largest absolute Gasteiger partial charge is 0.493 e. The molecule has 28 heavy (non-hydrogen) atoms. The Balaban J connectivity index is 1.45. The quantitative estimate of drug-likeness (QED) is 0.806. The number of benzene rings is 1.